The van der Waals surface area contributed by atoms with Crippen LogP contribution < -0.4 is 10.5 Å². The molecule has 0 bridgehead atoms. The van der Waals surface area contributed by atoms with Crippen LogP contribution in [0.15, 0.2) is 18.3 Å². The maximum Gasteiger partial charge on any atom is 0.392 e. The third-order valence-electron chi connectivity index (χ3n) is 1.67. The Bertz CT molecular complexity index is 314. The van der Waals surface area contributed by atoms with Crippen molar-refractivity contribution in [3.63, 3.8) is 0 Å². The highest BCUT2D eigenvalue weighted by Gasteiger charge is 2.26. The standard InChI is InChI=1S/C9H11F3N2O/c10-9(11,12)2-4-15-8-5-7(6-13)1-3-14-8/h1,3,5H,2,4,6,13H2. The van der Waals surface area contributed by atoms with Crippen molar-refractivity contribution >= 4 is 0 Å². The molecule has 0 radical (unpaired) electrons. The van der Waals surface area contributed by atoms with Crippen LogP contribution in [0.3, 0.4) is 0 Å². The summed E-state index contributed by atoms with van der Waals surface area (Å²) < 4.78 is 40.2. The van der Waals surface area contributed by atoms with Gasteiger partial charge in [0.1, 0.15) is 0 Å². The van der Waals surface area contributed by atoms with E-state index < -0.39 is 19.2 Å². The molecule has 3 nitrogen and oxygen atoms in total. The van der Waals surface area contributed by atoms with Gasteiger partial charge >= 0.3 is 6.18 Å². The first kappa shape index (κ1) is 11.8. The van der Waals surface area contributed by atoms with Gasteiger partial charge in [-0.25, -0.2) is 4.98 Å². The lowest BCUT2D eigenvalue weighted by Gasteiger charge is -2.08. The summed E-state index contributed by atoms with van der Waals surface area (Å²) >= 11 is 0. The van der Waals surface area contributed by atoms with Gasteiger partial charge in [0.25, 0.3) is 0 Å². The van der Waals surface area contributed by atoms with E-state index in [-0.39, 0.29) is 5.88 Å². The van der Waals surface area contributed by atoms with Crippen molar-refractivity contribution in [3.8, 4) is 5.88 Å². The molecule has 2 N–H and O–H groups in total. The summed E-state index contributed by atoms with van der Waals surface area (Å²) in [5, 5.41) is 0. The first-order valence-corrected chi connectivity index (χ1v) is 4.36. The average Bonchev–Trinajstić information content (AvgIpc) is 2.16. The first-order valence-electron chi connectivity index (χ1n) is 4.36. The molecular weight excluding hydrogens is 209 g/mol. The van der Waals surface area contributed by atoms with E-state index in [4.69, 9.17) is 10.5 Å². The Morgan fingerprint density at radius 3 is 2.73 bits per heavy atom. The normalized spacial score (nSPS) is 11.5. The van der Waals surface area contributed by atoms with Gasteiger partial charge in [-0.1, -0.05) is 0 Å². The number of hydrogen-bond donors (Lipinski definition) is 1. The molecule has 0 saturated carbocycles. The molecule has 15 heavy (non-hydrogen) atoms. The molecular formula is C9H11F3N2O. The first-order chi connectivity index (χ1) is 7.01. The van der Waals surface area contributed by atoms with Gasteiger partial charge in [-0.05, 0) is 11.6 Å². The number of halogens is 3. The molecule has 6 heteroatoms. The highest BCUT2D eigenvalue weighted by molar-refractivity contribution is 5.19. The van der Waals surface area contributed by atoms with Gasteiger partial charge in [0, 0.05) is 18.8 Å². The number of rotatable bonds is 4. The van der Waals surface area contributed by atoms with Crippen molar-refractivity contribution in [1.29, 1.82) is 0 Å². The molecule has 1 heterocycles. The lowest BCUT2D eigenvalue weighted by Crippen LogP contribution is -2.13. The number of hydrogen-bond acceptors (Lipinski definition) is 3. The Morgan fingerprint density at radius 2 is 2.13 bits per heavy atom. The molecule has 0 aliphatic heterocycles. The van der Waals surface area contributed by atoms with Gasteiger partial charge in [-0.3, -0.25) is 0 Å². The molecule has 0 saturated heterocycles. The minimum atomic E-state index is -4.20. The van der Waals surface area contributed by atoms with Crippen LogP contribution in [0.2, 0.25) is 0 Å². The molecule has 1 aromatic rings. The number of ether oxygens (including phenoxy) is 1. The Morgan fingerprint density at radius 1 is 1.40 bits per heavy atom. The Kier molecular flexibility index (Phi) is 3.90. The number of nitrogens with two attached hydrogens (primary N) is 1. The quantitative estimate of drug-likeness (QED) is 0.842. The summed E-state index contributed by atoms with van der Waals surface area (Å²) in [6.07, 6.45) is -3.74. The molecule has 84 valence electrons. The van der Waals surface area contributed by atoms with Crippen LogP contribution in [0, 0.1) is 0 Å². The highest BCUT2D eigenvalue weighted by Crippen LogP contribution is 2.19. The molecule has 0 unspecified atom stereocenters. The van der Waals surface area contributed by atoms with E-state index in [1.165, 1.54) is 12.3 Å². The van der Waals surface area contributed by atoms with E-state index >= 15 is 0 Å². The van der Waals surface area contributed by atoms with E-state index in [0.29, 0.717) is 6.54 Å². The molecule has 0 spiro atoms. The smallest absolute Gasteiger partial charge is 0.392 e. The molecule has 0 amide bonds. The average molecular weight is 220 g/mol. The highest BCUT2D eigenvalue weighted by atomic mass is 19.4. The van der Waals surface area contributed by atoms with Gasteiger partial charge in [0.05, 0.1) is 13.0 Å². The number of aromatic nitrogens is 1. The maximum absolute atomic E-state index is 11.8. The molecule has 0 atom stereocenters. The second-order valence-electron chi connectivity index (χ2n) is 2.92. The summed E-state index contributed by atoms with van der Waals surface area (Å²) in [5.41, 5.74) is 6.12. The summed E-state index contributed by atoms with van der Waals surface area (Å²) in [6, 6.07) is 3.20. The van der Waals surface area contributed by atoms with Gasteiger partial charge in [-0.2, -0.15) is 13.2 Å². The van der Waals surface area contributed by atoms with E-state index in [1.807, 2.05) is 0 Å². The van der Waals surface area contributed by atoms with Crippen molar-refractivity contribution in [3.05, 3.63) is 23.9 Å². The summed E-state index contributed by atoms with van der Waals surface area (Å²) in [4.78, 5) is 3.76. The fourth-order valence-electron chi connectivity index (χ4n) is 0.928. The van der Waals surface area contributed by atoms with Crippen LogP contribution in [0.5, 0.6) is 5.88 Å². The van der Waals surface area contributed by atoms with Crippen LogP contribution in [0.4, 0.5) is 13.2 Å². The molecule has 0 aliphatic rings. The van der Waals surface area contributed by atoms with Gasteiger partial charge < -0.3 is 10.5 Å². The molecule has 0 aliphatic carbocycles. The summed E-state index contributed by atoms with van der Waals surface area (Å²) in [6.45, 7) is -0.122. The Balaban J connectivity index is 2.44. The molecule has 1 rings (SSSR count). The van der Waals surface area contributed by atoms with Crippen molar-refractivity contribution in [2.45, 2.75) is 19.1 Å². The van der Waals surface area contributed by atoms with Crippen LogP contribution >= 0.6 is 0 Å². The van der Waals surface area contributed by atoms with Crippen LogP contribution in [0.25, 0.3) is 0 Å². The Labute approximate surface area is 85.1 Å². The fourth-order valence-corrected chi connectivity index (χ4v) is 0.928. The van der Waals surface area contributed by atoms with Crippen molar-refractivity contribution < 1.29 is 17.9 Å². The van der Waals surface area contributed by atoms with Crippen molar-refractivity contribution in [1.82, 2.24) is 4.98 Å². The Hall–Kier alpha value is -1.30. The molecule has 0 fully saturated rings. The molecule has 0 aromatic carbocycles. The lowest BCUT2D eigenvalue weighted by molar-refractivity contribution is -0.139. The third-order valence-corrected chi connectivity index (χ3v) is 1.67. The van der Waals surface area contributed by atoms with E-state index in [0.717, 1.165) is 5.56 Å². The van der Waals surface area contributed by atoms with Crippen molar-refractivity contribution in [2.75, 3.05) is 6.61 Å². The van der Waals surface area contributed by atoms with Crippen molar-refractivity contribution in [2.24, 2.45) is 5.73 Å². The SMILES string of the molecule is NCc1ccnc(OCCC(F)(F)F)c1. The zero-order valence-electron chi connectivity index (χ0n) is 7.92. The second-order valence-corrected chi connectivity index (χ2v) is 2.92. The van der Waals surface area contributed by atoms with Gasteiger partial charge in [0.15, 0.2) is 0 Å². The number of pyridine rings is 1. The number of alkyl halides is 3. The largest absolute Gasteiger partial charge is 0.477 e. The van der Waals surface area contributed by atoms with E-state index in [9.17, 15) is 13.2 Å². The van der Waals surface area contributed by atoms with Crippen LogP contribution in [0.1, 0.15) is 12.0 Å². The minimum Gasteiger partial charge on any atom is -0.477 e. The van der Waals surface area contributed by atoms with E-state index in [2.05, 4.69) is 4.98 Å². The molecule has 1 aromatic heterocycles. The zero-order valence-corrected chi connectivity index (χ0v) is 7.92. The summed E-state index contributed by atoms with van der Waals surface area (Å²) in [5.74, 6) is 0.169. The van der Waals surface area contributed by atoms with Crippen LogP contribution in [-0.4, -0.2) is 17.8 Å². The predicted molar refractivity (Wildman–Crippen MR) is 48.3 cm³/mol. The second kappa shape index (κ2) is 4.97. The monoisotopic (exact) mass is 220 g/mol. The maximum atomic E-state index is 11.8. The van der Waals surface area contributed by atoms with Crippen LogP contribution in [-0.2, 0) is 6.54 Å². The summed E-state index contributed by atoms with van der Waals surface area (Å²) in [7, 11) is 0. The zero-order chi connectivity index (χ0) is 11.3. The fraction of sp³-hybridized carbons (Fsp3) is 0.444. The number of nitrogens with zero attached hydrogens (tertiary/aromatic N) is 1. The minimum absolute atomic E-state index is 0.169. The van der Waals surface area contributed by atoms with Gasteiger partial charge in [0.2, 0.25) is 5.88 Å². The van der Waals surface area contributed by atoms with E-state index in [1.54, 1.807) is 6.07 Å². The van der Waals surface area contributed by atoms with Gasteiger partial charge in [-0.15, -0.1) is 0 Å². The predicted octanol–water partition coefficient (Wildman–Crippen LogP) is 1.87. The third kappa shape index (κ3) is 4.64. The topological polar surface area (TPSA) is 48.1 Å². The lowest BCUT2D eigenvalue weighted by atomic mass is 10.3.